The summed E-state index contributed by atoms with van der Waals surface area (Å²) < 4.78 is 11.8. The molecule has 3 heteroatoms. The third kappa shape index (κ3) is 6.72. The standard InChI is InChI=1S/C15H31NO2/c1-11(2)6-7-16-10-14(5)18-15-8-12(3)17-13(4)9-15/h11-16H,6-10H2,1-5H3. The molecular formula is C15H31NO2. The van der Waals surface area contributed by atoms with Crippen molar-refractivity contribution in [2.24, 2.45) is 5.92 Å². The molecule has 3 atom stereocenters. The molecule has 0 radical (unpaired) electrons. The molecule has 0 aromatic carbocycles. The van der Waals surface area contributed by atoms with Crippen molar-refractivity contribution in [1.29, 1.82) is 0 Å². The van der Waals surface area contributed by atoms with E-state index in [4.69, 9.17) is 9.47 Å². The first-order valence-electron chi connectivity index (χ1n) is 7.49. The van der Waals surface area contributed by atoms with Crippen molar-refractivity contribution < 1.29 is 9.47 Å². The van der Waals surface area contributed by atoms with E-state index in [0.29, 0.717) is 24.4 Å². The topological polar surface area (TPSA) is 30.5 Å². The second-order valence-corrected chi connectivity index (χ2v) is 6.18. The first kappa shape index (κ1) is 15.9. The Balaban J connectivity index is 2.13. The summed E-state index contributed by atoms with van der Waals surface area (Å²) in [6.45, 7) is 13.0. The third-order valence-corrected chi connectivity index (χ3v) is 3.41. The van der Waals surface area contributed by atoms with Crippen molar-refractivity contribution in [2.75, 3.05) is 13.1 Å². The second-order valence-electron chi connectivity index (χ2n) is 6.18. The molecule has 0 aromatic rings. The molecule has 1 heterocycles. The molecule has 3 unspecified atom stereocenters. The van der Waals surface area contributed by atoms with Crippen molar-refractivity contribution in [3.8, 4) is 0 Å². The third-order valence-electron chi connectivity index (χ3n) is 3.41. The molecule has 1 rings (SSSR count). The number of hydrogen-bond acceptors (Lipinski definition) is 3. The lowest BCUT2D eigenvalue weighted by Gasteiger charge is -2.33. The second kappa shape index (κ2) is 8.13. The predicted octanol–water partition coefficient (Wildman–Crippen LogP) is 2.98. The van der Waals surface area contributed by atoms with Gasteiger partial charge in [0.05, 0.1) is 24.4 Å². The van der Waals surface area contributed by atoms with E-state index in [2.05, 4.69) is 39.9 Å². The number of ether oxygens (including phenoxy) is 2. The van der Waals surface area contributed by atoms with Gasteiger partial charge in [0.25, 0.3) is 0 Å². The lowest BCUT2D eigenvalue weighted by atomic mass is 10.0. The van der Waals surface area contributed by atoms with Crippen LogP contribution in [-0.2, 0) is 9.47 Å². The summed E-state index contributed by atoms with van der Waals surface area (Å²) in [6.07, 6.45) is 4.62. The zero-order valence-corrected chi connectivity index (χ0v) is 12.7. The van der Waals surface area contributed by atoms with E-state index >= 15 is 0 Å². The van der Waals surface area contributed by atoms with Gasteiger partial charge in [-0.25, -0.2) is 0 Å². The smallest absolute Gasteiger partial charge is 0.0675 e. The lowest BCUT2D eigenvalue weighted by Crippen LogP contribution is -2.38. The minimum absolute atomic E-state index is 0.291. The van der Waals surface area contributed by atoms with Crippen LogP contribution in [0.15, 0.2) is 0 Å². The van der Waals surface area contributed by atoms with Crippen molar-refractivity contribution in [3.05, 3.63) is 0 Å². The van der Waals surface area contributed by atoms with Crippen LogP contribution < -0.4 is 5.32 Å². The fourth-order valence-corrected chi connectivity index (χ4v) is 2.53. The Morgan fingerprint density at radius 3 is 2.33 bits per heavy atom. The summed E-state index contributed by atoms with van der Waals surface area (Å²) in [5.41, 5.74) is 0. The van der Waals surface area contributed by atoms with E-state index in [-0.39, 0.29) is 0 Å². The van der Waals surface area contributed by atoms with Gasteiger partial charge < -0.3 is 14.8 Å². The highest BCUT2D eigenvalue weighted by molar-refractivity contribution is 4.75. The Labute approximate surface area is 113 Å². The largest absolute Gasteiger partial charge is 0.375 e. The van der Waals surface area contributed by atoms with Crippen LogP contribution in [0.4, 0.5) is 0 Å². The van der Waals surface area contributed by atoms with Crippen LogP contribution in [0.25, 0.3) is 0 Å². The van der Waals surface area contributed by atoms with E-state index in [9.17, 15) is 0 Å². The lowest BCUT2D eigenvalue weighted by molar-refractivity contribution is -0.117. The van der Waals surface area contributed by atoms with Gasteiger partial charge in [-0.3, -0.25) is 0 Å². The Morgan fingerprint density at radius 2 is 1.78 bits per heavy atom. The first-order chi connectivity index (χ1) is 8.47. The number of nitrogens with one attached hydrogen (secondary N) is 1. The van der Waals surface area contributed by atoms with E-state index < -0.39 is 0 Å². The molecule has 3 nitrogen and oxygen atoms in total. The molecule has 108 valence electrons. The number of rotatable bonds is 7. The van der Waals surface area contributed by atoms with Crippen molar-refractivity contribution in [2.45, 2.75) is 78.3 Å². The highest BCUT2D eigenvalue weighted by atomic mass is 16.5. The van der Waals surface area contributed by atoms with Crippen LogP contribution in [0.2, 0.25) is 0 Å². The zero-order chi connectivity index (χ0) is 13.5. The summed E-state index contributed by atoms with van der Waals surface area (Å²) in [4.78, 5) is 0. The van der Waals surface area contributed by atoms with Crippen LogP contribution in [0.1, 0.15) is 53.9 Å². The van der Waals surface area contributed by atoms with E-state index in [1.54, 1.807) is 0 Å². The van der Waals surface area contributed by atoms with Crippen LogP contribution in [0.5, 0.6) is 0 Å². The minimum Gasteiger partial charge on any atom is -0.375 e. The Kier molecular flexibility index (Phi) is 7.20. The average Bonchev–Trinajstić information content (AvgIpc) is 2.22. The van der Waals surface area contributed by atoms with Gasteiger partial charge in [0, 0.05) is 6.54 Å². The molecule has 1 aliphatic rings. The van der Waals surface area contributed by atoms with Gasteiger partial charge in [0.1, 0.15) is 0 Å². The van der Waals surface area contributed by atoms with Crippen molar-refractivity contribution in [1.82, 2.24) is 5.32 Å². The molecule has 0 saturated carbocycles. The summed E-state index contributed by atoms with van der Waals surface area (Å²) in [6, 6.07) is 0. The molecule has 0 spiro atoms. The SMILES string of the molecule is CC(C)CCNCC(C)OC1CC(C)OC(C)C1. The molecule has 18 heavy (non-hydrogen) atoms. The highest BCUT2D eigenvalue weighted by Crippen LogP contribution is 2.22. The maximum Gasteiger partial charge on any atom is 0.0675 e. The van der Waals surface area contributed by atoms with Crippen molar-refractivity contribution >= 4 is 0 Å². The van der Waals surface area contributed by atoms with Crippen molar-refractivity contribution in [3.63, 3.8) is 0 Å². The Morgan fingerprint density at radius 1 is 1.17 bits per heavy atom. The summed E-state index contributed by atoms with van der Waals surface area (Å²) in [5.74, 6) is 0.769. The molecule has 0 amide bonds. The summed E-state index contributed by atoms with van der Waals surface area (Å²) in [7, 11) is 0. The molecule has 1 aliphatic heterocycles. The summed E-state index contributed by atoms with van der Waals surface area (Å²) in [5, 5.41) is 3.47. The van der Waals surface area contributed by atoms with E-state index in [1.807, 2.05) is 0 Å². The highest BCUT2D eigenvalue weighted by Gasteiger charge is 2.26. The normalized spacial score (nSPS) is 30.7. The van der Waals surface area contributed by atoms with Crippen LogP contribution >= 0.6 is 0 Å². The van der Waals surface area contributed by atoms with Gasteiger partial charge in [0.2, 0.25) is 0 Å². The first-order valence-corrected chi connectivity index (χ1v) is 7.49. The van der Waals surface area contributed by atoms with Gasteiger partial charge in [-0.1, -0.05) is 13.8 Å². The fraction of sp³-hybridized carbons (Fsp3) is 1.00. The minimum atomic E-state index is 0.291. The molecule has 0 bridgehead atoms. The molecular weight excluding hydrogens is 226 g/mol. The molecule has 1 saturated heterocycles. The quantitative estimate of drug-likeness (QED) is 0.711. The van der Waals surface area contributed by atoms with Crippen LogP contribution in [0.3, 0.4) is 0 Å². The van der Waals surface area contributed by atoms with Gasteiger partial charge >= 0.3 is 0 Å². The maximum atomic E-state index is 6.10. The Hall–Kier alpha value is -0.120. The fourth-order valence-electron chi connectivity index (χ4n) is 2.53. The van der Waals surface area contributed by atoms with E-state index in [1.165, 1.54) is 6.42 Å². The monoisotopic (exact) mass is 257 g/mol. The van der Waals surface area contributed by atoms with Crippen LogP contribution in [0, 0.1) is 5.92 Å². The van der Waals surface area contributed by atoms with Gasteiger partial charge in [-0.2, -0.15) is 0 Å². The number of hydrogen-bond donors (Lipinski definition) is 1. The van der Waals surface area contributed by atoms with E-state index in [0.717, 1.165) is 31.8 Å². The molecule has 1 fully saturated rings. The molecule has 0 aromatic heterocycles. The van der Waals surface area contributed by atoms with Gasteiger partial charge in [0.15, 0.2) is 0 Å². The van der Waals surface area contributed by atoms with Gasteiger partial charge in [-0.15, -0.1) is 0 Å². The van der Waals surface area contributed by atoms with Crippen LogP contribution in [-0.4, -0.2) is 37.5 Å². The predicted molar refractivity (Wildman–Crippen MR) is 75.9 cm³/mol. The van der Waals surface area contributed by atoms with Gasteiger partial charge in [-0.05, 0) is 52.5 Å². The average molecular weight is 257 g/mol. The zero-order valence-electron chi connectivity index (χ0n) is 12.7. The summed E-state index contributed by atoms with van der Waals surface area (Å²) >= 11 is 0. The Bertz CT molecular complexity index is 211. The molecule has 0 aliphatic carbocycles. The maximum absolute atomic E-state index is 6.10. The molecule has 1 N–H and O–H groups in total.